The van der Waals surface area contributed by atoms with Crippen LogP contribution in [0.3, 0.4) is 0 Å². The van der Waals surface area contributed by atoms with Crippen LogP contribution in [0.1, 0.15) is 145 Å². The summed E-state index contributed by atoms with van der Waals surface area (Å²) in [6.45, 7) is 4.30. The average molecular weight is 509 g/mol. The Morgan fingerprint density at radius 3 is 1.49 bits per heavy atom. The summed E-state index contributed by atoms with van der Waals surface area (Å²) in [5, 5.41) is 26.9. The predicted octanol–water partition coefficient (Wildman–Crippen LogP) is 7.58. The minimum Gasteiger partial charge on any atom is -0.508 e. The van der Waals surface area contributed by atoms with Crippen molar-refractivity contribution in [1.29, 1.82) is 0 Å². The number of hydrogen-bond acceptors (Lipinski definition) is 3. The Morgan fingerprint density at radius 2 is 1.09 bits per heavy atom. The van der Waals surface area contributed by atoms with E-state index in [1.165, 1.54) is 95.6 Å². The largest absolute Gasteiger partial charge is 0.508 e. The standard InChI is InChI=1S/C18H36O2.C11H14O3.Al.3H/c1-2-3-4-5-6-7-8-9-10-11-12-13-14-15-16-17-18(19)20;1-2-3-5-8-9(11(13)14)6-4-7-10(8)12;;;;/h2-17H2,1H3,(H,19,20);4,6-7,12H,2-3,5H2,1H3,(H,13,14);;;;. The van der Waals surface area contributed by atoms with E-state index in [9.17, 15) is 14.7 Å². The summed E-state index contributed by atoms with van der Waals surface area (Å²) in [5.74, 6) is -1.55. The maximum Gasteiger partial charge on any atom is 0.336 e. The molecule has 0 bridgehead atoms. The molecule has 0 aliphatic heterocycles. The lowest BCUT2D eigenvalue weighted by Gasteiger charge is -2.07. The number of phenolic OH excluding ortho intramolecular Hbond substituents is 1. The third-order valence-corrected chi connectivity index (χ3v) is 6.16. The fourth-order valence-electron chi connectivity index (χ4n) is 4.04. The number of hydrogen-bond donors (Lipinski definition) is 3. The third-order valence-electron chi connectivity index (χ3n) is 6.16. The number of rotatable bonds is 20. The maximum absolute atomic E-state index is 10.8. The molecule has 1 aromatic carbocycles. The molecule has 0 saturated heterocycles. The van der Waals surface area contributed by atoms with Crippen LogP contribution < -0.4 is 0 Å². The molecule has 6 heteroatoms. The summed E-state index contributed by atoms with van der Waals surface area (Å²) in [5.41, 5.74) is 0.750. The summed E-state index contributed by atoms with van der Waals surface area (Å²) in [6.07, 6.45) is 22.7. The van der Waals surface area contributed by atoms with Gasteiger partial charge in [-0.2, -0.15) is 0 Å². The second-order valence-corrected chi connectivity index (χ2v) is 9.31. The smallest absolute Gasteiger partial charge is 0.336 e. The van der Waals surface area contributed by atoms with Gasteiger partial charge in [0.1, 0.15) is 5.75 Å². The molecule has 0 amide bonds. The van der Waals surface area contributed by atoms with E-state index in [1.807, 2.05) is 6.92 Å². The maximum atomic E-state index is 10.8. The van der Waals surface area contributed by atoms with Crippen molar-refractivity contribution in [2.75, 3.05) is 0 Å². The van der Waals surface area contributed by atoms with Crippen molar-refractivity contribution in [1.82, 2.24) is 0 Å². The van der Waals surface area contributed by atoms with E-state index < -0.39 is 11.9 Å². The van der Waals surface area contributed by atoms with Crippen molar-refractivity contribution in [2.45, 2.75) is 136 Å². The molecule has 0 radical (unpaired) electrons. The predicted molar refractivity (Wildman–Crippen MR) is 151 cm³/mol. The van der Waals surface area contributed by atoms with Crippen LogP contribution in [-0.2, 0) is 11.2 Å². The van der Waals surface area contributed by atoms with Crippen LogP contribution in [0, 0.1) is 0 Å². The highest BCUT2D eigenvalue weighted by Crippen LogP contribution is 2.23. The number of phenols is 1. The van der Waals surface area contributed by atoms with E-state index in [-0.39, 0.29) is 28.7 Å². The van der Waals surface area contributed by atoms with Gasteiger partial charge in [0.05, 0.1) is 5.56 Å². The van der Waals surface area contributed by atoms with Gasteiger partial charge < -0.3 is 15.3 Å². The summed E-state index contributed by atoms with van der Waals surface area (Å²) in [4.78, 5) is 21.2. The first-order valence-electron chi connectivity index (χ1n) is 13.7. The van der Waals surface area contributed by atoms with Crippen molar-refractivity contribution in [3.63, 3.8) is 0 Å². The molecule has 0 spiro atoms. The molecule has 1 rings (SSSR count). The number of carbonyl (C=O) groups is 2. The quantitative estimate of drug-likeness (QED) is 0.125. The normalized spacial score (nSPS) is 10.2. The molecule has 0 aromatic heterocycles. The lowest BCUT2D eigenvalue weighted by molar-refractivity contribution is -0.137. The van der Waals surface area contributed by atoms with E-state index in [2.05, 4.69) is 6.92 Å². The molecule has 3 N–H and O–H groups in total. The Bertz CT molecular complexity index is 648. The topological polar surface area (TPSA) is 94.8 Å². The first-order chi connectivity index (χ1) is 16.4. The molecular formula is C29H53AlO5. The van der Waals surface area contributed by atoms with Crippen LogP contribution in [0.15, 0.2) is 18.2 Å². The Hall–Kier alpha value is -1.51. The molecule has 5 nitrogen and oxygen atoms in total. The Kier molecular flexibility index (Phi) is 26.1. The van der Waals surface area contributed by atoms with Crippen molar-refractivity contribution in [3.05, 3.63) is 29.3 Å². The minimum absolute atomic E-state index is 0. The van der Waals surface area contributed by atoms with Crippen LogP contribution >= 0.6 is 0 Å². The fraction of sp³-hybridized carbons (Fsp3) is 0.724. The highest BCUT2D eigenvalue weighted by atomic mass is 27.0. The average Bonchev–Trinajstić information content (AvgIpc) is 2.81. The first-order valence-corrected chi connectivity index (χ1v) is 13.7. The van der Waals surface area contributed by atoms with Crippen LogP contribution in [0.2, 0.25) is 0 Å². The van der Waals surface area contributed by atoms with E-state index in [1.54, 1.807) is 6.07 Å². The van der Waals surface area contributed by atoms with E-state index in [4.69, 9.17) is 10.2 Å². The van der Waals surface area contributed by atoms with Gasteiger partial charge in [-0.1, -0.05) is 116 Å². The van der Waals surface area contributed by atoms with Gasteiger partial charge in [-0.3, -0.25) is 4.79 Å². The van der Waals surface area contributed by atoms with Gasteiger partial charge >= 0.3 is 11.9 Å². The van der Waals surface area contributed by atoms with Gasteiger partial charge in [0.25, 0.3) is 0 Å². The summed E-state index contributed by atoms with van der Waals surface area (Å²) in [6, 6.07) is 4.60. The van der Waals surface area contributed by atoms with Crippen LogP contribution in [-0.4, -0.2) is 44.6 Å². The SMILES string of the molecule is CCCCCCCCCCCCCCCCCC(=O)O.CCCCc1c(O)cccc1C(=O)O.[AlH3]. The summed E-state index contributed by atoms with van der Waals surface area (Å²) < 4.78 is 0. The molecule has 35 heavy (non-hydrogen) atoms. The number of unbranched alkanes of at least 4 members (excludes halogenated alkanes) is 15. The van der Waals surface area contributed by atoms with Crippen molar-refractivity contribution in [2.24, 2.45) is 0 Å². The van der Waals surface area contributed by atoms with Gasteiger partial charge in [0.15, 0.2) is 17.4 Å². The van der Waals surface area contributed by atoms with Gasteiger partial charge in [-0.15, -0.1) is 0 Å². The second kappa shape index (κ2) is 25.6. The molecule has 0 fully saturated rings. The monoisotopic (exact) mass is 508 g/mol. The zero-order valence-electron chi connectivity index (χ0n) is 21.8. The van der Waals surface area contributed by atoms with E-state index in [0.29, 0.717) is 18.4 Å². The first kappa shape index (κ1) is 35.7. The molecule has 0 aliphatic carbocycles. The molecule has 0 atom stereocenters. The number of aliphatic carboxylic acids is 1. The van der Waals surface area contributed by atoms with Crippen molar-refractivity contribution < 1.29 is 24.9 Å². The molecule has 0 aliphatic rings. The molecule has 202 valence electrons. The van der Waals surface area contributed by atoms with Gasteiger partial charge in [0, 0.05) is 12.0 Å². The van der Waals surface area contributed by atoms with Crippen LogP contribution in [0.5, 0.6) is 5.75 Å². The van der Waals surface area contributed by atoms with Crippen LogP contribution in [0.4, 0.5) is 0 Å². The molecule has 0 unspecified atom stereocenters. The Balaban J connectivity index is 0. The van der Waals surface area contributed by atoms with Crippen molar-refractivity contribution in [3.8, 4) is 5.75 Å². The lowest BCUT2D eigenvalue weighted by Crippen LogP contribution is -2.02. The molecule has 0 heterocycles. The minimum atomic E-state index is -0.980. The zero-order valence-corrected chi connectivity index (χ0v) is 21.8. The van der Waals surface area contributed by atoms with Crippen molar-refractivity contribution >= 4 is 29.3 Å². The Morgan fingerprint density at radius 1 is 0.657 bits per heavy atom. The molecule has 1 aromatic rings. The van der Waals surface area contributed by atoms with Gasteiger partial charge in [-0.25, -0.2) is 4.79 Å². The number of carboxylic acids is 2. The lowest BCUT2D eigenvalue weighted by atomic mass is 10.0. The number of aromatic carboxylic acids is 1. The molecular weight excluding hydrogens is 455 g/mol. The summed E-state index contributed by atoms with van der Waals surface area (Å²) in [7, 11) is 0. The third kappa shape index (κ3) is 21.5. The van der Waals surface area contributed by atoms with Gasteiger partial charge in [-0.05, 0) is 31.4 Å². The number of carboxylic acid groups (broad SMARTS) is 2. The molecule has 0 saturated carbocycles. The number of benzene rings is 1. The Labute approximate surface area is 224 Å². The summed E-state index contributed by atoms with van der Waals surface area (Å²) >= 11 is 0. The highest BCUT2D eigenvalue weighted by molar-refractivity contribution is 5.90. The zero-order chi connectivity index (χ0) is 25.4. The van der Waals surface area contributed by atoms with Gasteiger partial charge in [0.2, 0.25) is 0 Å². The van der Waals surface area contributed by atoms with E-state index >= 15 is 0 Å². The fourth-order valence-corrected chi connectivity index (χ4v) is 4.04. The van der Waals surface area contributed by atoms with E-state index in [0.717, 1.165) is 25.7 Å². The highest BCUT2D eigenvalue weighted by Gasteiger charge is 2.12. The second-order valence-electron chi connectivity index (χ2n) is 9.31. The van der Waals surface area contributed by atoms with Crippen LogP contribution in [0.25, 0.3) is 0 Å². The number of aromatic hydroxyl groups is 1.